The van der Waals surface area contributed by atoms with Crippen LogP contribution in [-0.2, 0) is 0 Å². The van der Waals surface area contributed by atoms with Gasteiger partial charge >= 0.3 is 0 Å². The molecule has 2 aliphatic rings. The maximum Gasteiger partial charge on any atom is 0.148 e. The Morgan fingerprint density at radius 2 is 1.73 bits per heavy atom. The molecule has 1 saturated carbocycles. The van der Waals surface area contributed by atoms with E-state index >= 15 is 0 Å². The summed E-state index contributed by atoms with van der Waals surface area (Å²) < 4.78 is 14.5. The molecule has 1 aliphatic carbocycles. The van der Waals surface area contributed by atoms with Crippen molar-refractivity contribution in [3.05, 3.63) is 33.6 Å². The van der Waals surface area contributed by atoms with E-state index in [-0.39, 0.29) is 41.7 Å². The van der Waals surface area contributed by atoms with Crippen LogP contribution in [0.25, 0.3) is 0 Å². The second kappa shape index (κ2) is 8.91. The van der Waals surface area contributed by atoms with E-state index in [4.69, 9.17) is 23.2 Å². The molecule has 0 amide bonds. The van der Waals surface area contributed by atoms with Gasteiger partial charge in [0.15, 0.2) is 0 Å². The molecule has 2 fully saturated rings. The number of nitrogens with zero attached hydrogens (tertiary/aromatic N) is 1. The van der Waals surface area contributed by atoms with Crippen LogP contribution >= 0.6 is 48.0 Å². The quantitative estimate of drug-likeness (QED) is 0.749. The summed E-state index contributed by atoms with van der Waals surface area (Å²) in [4.78, 5) is 2.34. The first-order valence-electron chi connectivity index (χ1n) is 7.25. The second-order valence-electron chi connectivity index (χ2n) is 5.74. The molecule has 1 N–H and O–H groups in total. The van der Waals surface area contributed by atoms with Crippen LogP contribution in [0, 0.1) is 11.7 Å². The topological polar surface area (TPSA) is 15.3 Å². The molecule has 0 aromatic heterocycles. The molecule has 1 aliphatic heterocycles. The number of halogens is 5. The second-order valence-corrected chi connectivity index (χ2v) is 6.55. The Balaban J connectivity index is 0.00000121. The molecule has 0 unspecified atom stereocenters. The fraction of sp³-hybridized carbons (Fsp3) is 0.600. The average molecular weight is 390 g/mol. The molecule has 2 nitrogen and oxygen atoms in total. The molecule has 126 valence electrons. The Morgan fingerprint density at radius 3 is 2.32 bits per heavy atom. The van der Waals surface area contributed by atoms with Crippen LogP contribution in [-0.4, -0.2) is 31.1 Å². The molecular weight excluding hydrogens is 369 g/mol. The van der Waals surface area contributed by atoms with Gasteiger partial charge in [-0.2, -0.15) is 0 Å². The molecule has 3 rings (SSSR count). The van der Waals surface area contributed by atoms with Crippen molar-refractivity contribution in [1.29, 1.82) is 0 Å². The van der Waals surface area contributed by atoms with Gasteiger partial charge < -0.3 is 5.32 Å². The number of hydrogen-bond acceptors (Lipinski definition) is 2. The van der Waals surface area contributed by atoms with Crippen LogP contribution in [0.3, 0.4) is 0 Å². The Labute approximate surface area is 153 Å². The Kier molecular flexibility index (Phi) is 8.21. The SMILES string of the molecule is Cl.Cl.Fc1c(Cl)ccc(Cl)c1[C@@H](CC1CC1)N1CCNCC1. The largest absolute Gasteiger partial charge is 0.314 e. The summed E-state index contributed by atoms with van der Waals surface area (Å²) >= 11 is 12.2. The lowest BCUT2D eigenvalue weighted by molar-refractivity contribution is 0.157. The van der Waals surface area contributed by atoms with Crippen molar-refractivity contribution < 1.29 is 4.39 Å². The fourth-order valence-corrected chi connectivity index (χ4v) is 3.40. The number of benzene rings is 1. The molecule has 0 radical (unpaired) electrons. The van der Waals surface area contributed by atoms with Gasteiger partial charge in [0.25, 0.3) is 0 Å². The van der Waals surface area contributed by atoms with Crippen molar-refractivity contribution in [2.24, 2.45) is 5.92 Å². The first-order chi connectivity index (χ1) is 9.66. The minimum atomic E-state index is -0.344. The third-order valence-corrected chi connectivity index (χ3v) is 4.88. The standard InChI is InChI=1S/C15H19Cl2FN2.2ClH/c16-11-3-4-12(17)15(18)14(11)13(9-10-1-2-10)20-7-5-19-6-8-20;;/h3-4,10,13,19H,1-2,5-9H2;2*1H/t13-;;/m1../s1. The highest BCUT2D eigenvalue weighted by molar-refractivity contribution is 6.33. The van der Waals surface area contributed by atoms with Gasteiger partial charge in [-0.25, -0.2) is 4.39 Å². The zero-order valence-electron chi connectivity index (χ0n) is 12.2. The van der Waals surface area contributed by atoms with Gasteiger partial charge in [0, 0.05) is 42.8 Å². The monoisotopic (exact) mass is 388 g/mol. The summed E-state index contributed by atoms with van der Waals surface area (Å²) in [7, 11) is 0. The van der Waals surface area contributed by atoms with E-state index in [1.54, 1.807) is 6.07 Å². The molecule has 1 saturated heterocycles. The predicted octanol–water partition coefficient (Wildman–Crippen LogP) is 4.72. The summed E-state index contributed by atoms with van der Waals surface area (Å²) in [5.41, 5.74) is 0.591. The summed E-state index contributed by atoms with van der Waals surface area (Å²) in [5, 5.41) is 4.00. The fourth-order valence-electron chi connectivity index (χ4n) is 2.96. The first kappa shape index (κ1) is 20.3. The van der Waals surface area contributed by atoms with Gasteiger partial charge in [-0.15, -0.1) is 24.8 Å². The highest BCUT2D eigenvalue weighted by Crippen LogP contribution is 2.43. The van der Waals surface area contributed by atoms with Crippen LogP contribution in [0.1, 0.15) is 30.9 Å². The van der Waals surface area contributed by atoms with E-state index < -0.39 is 0 Å². The highest BCUT2D eigenvalue weighted by atomic mass is 35.5. The van der Waals surface area contributed by atoms with Crippen molar-refractivity contribution in [3.8, 4) is 0 Å². The molecule has 1 aromatic carbocycles. The third-order valence-electron chi connectivity index (χ3n) is 4.26. The molecule has 0 spiro atoms. The summed E-state index contributed by atoms with van der Waals surface area (Å²) in [6.07, 6.45) is 3.49. The van der Waals surface area contributed by atoms with E-state index in [0.717, 1.165) is 32.6 Å². The average Bonchev–Trinajstić information content (AvgIpc) is 3.27. The van der Waals surface area contributed by atoms with E-state index in [1.807, 2.05) is 0 Å². The summed E-state index contributed by atoms with van der Waals surface area (Å²) in [6, 6.07) is 3.30. The van der Waals surface area contributed by atoms with Crippen molar-refractivity contribution in [3.63, 3.8) is 0 Å². The number of rotatable bonds is 4. The van der Waals surface area contributed by atoms with E-state index in [0.29, 0.717) is 16.5 Å². The normalized spacial score (nSPS) is 20.0. The first-order valence-corrected chi connectivity index (χ1v) is 8.00. The number of piperazine rings is 1. The third kappa shape index (κ3) is 4.62. The zero-order chi connectivity index (χ0) is 14.1. The van der Waals surface area contributed by atoms with Crippen molar-refractivity contribution in [1.82, 2.24) is 10.2 Å². The molecule has 7 heteroatoms. The Bertz CT molecular complexity index is 491. The Morgan fingerprint density at radius 1 is 1.14 bits per heavy atom. The maximum absolute atomic E-state index is 14.5. The van der Waals surface area contributed by atoms with Gasteiger partial charge in [0.05, 0.1) is 5.02 Å². The zero-order valence-corrected chi connectivity index (χ0v) is 15.3. The number of nitrogens with one attached hydrogen (secondary N) is 1. The van der Waals surface area contributed by atoms with Crippen LogP contribution in [0.15, 0.2) is 12.1 Å². The molecule has 22 heavy (non-hydrogen) atoms. The molecule has 1 atom stereocenters. The Hall–Kier alpha value is 0.230. The highest BCUT2D eigenvalue weighted by Gasteiger charge is 2.33. The van der Waals surface area contributed by atoms with Gasteiger partial charge in [-0.05, 0) is 24.5 Å². The lowest BCUT2D eigenvalue weighted by Gasteiger charge is -2.36. The molecule has 1 heterocycles. The number of hydrogen-bond donors (Lipinski definition) is 1. The van der Waals surface area contributed by atoms with Crippen molar-refractivity contribution in [2.45, 2.75) is 25.3 Å². The lowest BCUT2D eigenvalue weighted by atomic mass is 9.98. The van der Waals surface area contributed by atoms with E-state index in [1.165, 1.54) is 18.9 Å². The van der Waals surface area contributed by atoms with Gasteiger partial charge in [0.2, 0.25) is 0 Å². The van der Waals surface area contributed by atoms with E-state index in [9.17, 15) is 4.39 Å². The lowest BCUT2D eigenvalue weighted by Crippen LogP contribution is -2.45. The molecular formula is C15H21Cl4FN2. The van der Waals surface area contributed by atoms with Gasteiger partial charge in [-0.1, -0.05) is 36.0 Å². The van der Waals surface area contributed by atoms with Gasteiger partial charge in [0.1, 0.15) is 5.82 Å². The van der Waals surface area contributed by atoms with Crippen LogP contribution in [0.2, 0.25) is 10.0 Å². The predicted molar refractivity (Wildman–Crippen MR) is 95.4 cm³/mol. The smallest absolute Gasteiger partial charge is 0.148 e. The molecule has 0 bridgehead atoms. The minimum absolute atomic E-state index is 0. The van der Waals surface area contributed by atoms with Gasteiger partial charge in [-0.3, -0.25) is 4.90 Å². The van der Waals surface area contributed by atoms with Crippen molar-refractivity contribution >= 4 is 48.0 Å². The van der Waals surface area contributed by atoms with Crippen LogP contribution in [0.5, 0.6) is 0 Å². The minimum Gasteiger partial charge on any atom is -0.314 e. The summed E-state index contributed by atoms with van der Waals surface area (Å²) in [5.74, 6) is 0.368. The van der Waals surface area contributed by atoms with E-state index in [2.05, 4.69) is 10.2 Å². The van der Waals surface area contributed by atoms with Crippen molar-refractivity contribution in [2.75, 3.05) is 26.2 Å². The molecule has 1 aromatic rings. The van der Waals surface area contributed by atoms with Crippen LogP contribution < -0.4 is 5.32 Å². The maximum atomic E-state index is 14.5. The summed E-state index contributed by atoms with van der Waals surface area (Å²) in [6.45, 7) is 3.75. The van der Waals surface area contributed by atoms with Crippen LogP contribution in [0.4, 0.5) is 4.39 Å².